The maximum Gasteiger partial charge on any atom is 0.211 e. The van der Waals surface area contributed by atoms with Gasteiger partial charge < -0.3 is 0 Å². The van der Waals surface area contributed by atoms with E-state index in [0.717, 1.165) is 12.8 Å². The van der Waals surface area contributed by atoms with E-state index in [1.165, 1.54) is 0 Å². The van der Waals surface area contributed by atoms with E-state index in [4.69, 9.17) is 5.14 Å². The van der Waals surface area contributed by atoms with Crippen molar-refractivity contribution in [1.82, 2.24) is 0 Å². The van der Waals surface area contributed by atoms with Crippen LogP contribution >= 0.6 is 0 Å². The topological polar surface area (TPSA) is 60.2 Å². The summed E-state index contributed by atoms with van der Waals surface area (Å²) in [6, 6.07) is 0. The molecule has 0 saturated heterocycles. The lowest BCUT2D eigenvalue weighted by molar-refractivity contribution is 0.556. The summed E-state index contributed by atoms with van der Waals surface area (Å²) in [5, 5.41) is 4.70. The Morgan fingerprint density at radius 2 is 1.55 bits per heavy atom. The first-order chi connectivity index (χ1) is 5.02. The molecule has 0 aliphatic carbocycles. The third kappa shape index (κ3) is 4.37. The predicted octanol–water partition coefficient (Wildman–Crippen LogP) is 1.24. The van der Waals surface area contributed by atoms with Crippen LogP contribution in [0.2, 0.25) is 0 Å². The minimum atomic E-state index is -3.29. The van der Waals surface area contributed by atoms with Crippen LogP contribution < -0.4 is 5.14 Å². The van der Waals surface area contributed by atoms with E-state index in [2.05, 4.69) is 0 Å². The number of rotatable bonds is 5. The standard InChI is InChI=1S/C7H17NO2S/c1-3-5-7(6-4-2)11(8,9)10/h7H,3-6H2,1-2H3,(H2,8,9,10). The molecule has 0 amide bonds. The van der Waals surface area contributed by atoms with Gasteiger partial charge in [-0.3, -0.25) is 0 Å². The third-order valence-electron chi connectivity index (χ3n) is 1.69. The zero-order valence-electron chi connectivity index (χ0n) is 7.21. The summed E-state index contributed by atoms with van der Waals surface area (Å²) in [4.78, 5) is 0. The minimum absolute atomic E-state index is 0.322. The molecule has 68 valence electrons. The predicted molar refractivity (Wildman–Crippen MR) is 46.7 cm³/mol. The fraction of sp³-hybridized carbons (Fsp3) is 1.00. The molecule has 4 heteroatoms. The highest BCUT2D eigenvalue weighted by Gasteiger charge is 2.18. The zero-order chi connectivity index (χ0) is 8.91. The molecule has 0 aromatic heterocycles. The van der Waals surface area contributed by atoms with Gasteiger partial charge in [-0.15, -0.1) is 0 Å². The number of sulfonamides is 1. The molecular formula is C7H17NO2S. The summed E-state index contributed by atoms with van der Waals surface area (Å²) in [6.45, 7) is 3.93. The molecular weight excluding hydrogens is 162 g/mol. The van der Waals surface area contributed by atoms with Crippen molar-refractivity contribution in [3.63, 3.8) is 0 Å². The van der Waals surface area contributed by atoms with Crippen molar-refractivity contribution in [2.75, 3.05) is 0 Å². The first kappa shape index (κ1) is 10.9. The summed E-state index contributed by atoms with van der Waals surface area (Å²) in [7, 11) is -3.29. The molecule has 0 rings (SSSR count). The molecule has 0 fully saturated rings. The Bertz CT molecular complexity index is 181. The summed E-state index contributed by atoms with van der Waals surface area (Å²) in [5.74, 6) is 0. The number of nitrogens with two attached hydrogens (primary N) is 1. The normalized spacial score (nSPS) is 12.4. The molecule has 0 aromatic rings. The van der Waals surface area contributed by atoms with E-state index in [9.17, 15) is 8.42 Å². The van der Waals surface area contributed by atoms with Gasteiger partial charge in [0.05, 0.1) is 5.25 Å². The van der Waals surface area contributed by atoms with E-state index in [1.54, 1.807) is 0 Å². The van der Waals surface area contributed by atoms with Crippen LogP contribution in [0.3, 0.4) is 0 Å². The molecule has 2 N–H and O–H groups in total. The van der Waals surface area contributed by atoms with Crippen molar-refractivity contribution < 1.29 is 8.42 Å². The van der Waals surface area contributed by atoms with Crippen LogP contribution in [0, 0.1) is 0 Å². The van der Waals surface area contributed by atoms with Crippen molar-refractivity contribution in [3.8, 4) is 0 Å². The maximum atomic E-state index is 10.9. The molecule has 0 saturated carbocycles. The highest BCUT2D eigenvalue weighted by atomic mass is 32.2. The molecule has 0 aliphatic rings. The Morgan fingerprint density at radius 3 is 1.73 bits per heavy atom. The van der Waals surface area contributed by atoms with Crippen LogP contribution in [-0.4, -0.2) is 13.7 Å². The largest absolute Gasteiger partial charge is 0.228 e. The molecule has 0 heterocycles. The summed E-state index contributed by atoms with van der Waals surface area (Å²) < 4.78 is 21.8. The Kier molecular flexibility index (Phi) is 4.68. The first-order valence-electron chi connectivity index (χ1n) is 4.04. The van der Waals surface area contributed by atoms with Crippen molar-refractivity contribution in [3.05, 3.63) is 0 Å². The van der Waals surface area contributed by atoms with E-state index >= 15 is 0 Å². The molecule has 0 unspecified atom stereocenters. The lowest BCUT2D eigenvalue weighted by atomic mass is 10.2. The minimum Gasteiger partial charge on any atom is -0.228 e. The first-order valence-corrected chi connectivity index (χ1v) is 5.64. The quantitative estimate of drug-likeness (QED) is 0.690. The summed E-state index contributed by atoms with van der Waals surface area (Å²) >= 11 is 0. The second-order valence-electron chi connectivity index (χ2n) is 2.79. The molecule has 0 radical (unpaired) electrons. The molecule has 0 spiro atoms. The SMILES string of the molecule is CCCC(CCC)S(N)(=O)=O. The lowest BCUT2D eigenvalue weighted by Crippen LogP contribution is -2.28. The molecule has 0 atom stereocenters. The van der Waals surface area contributed by atoms with Crippen LogP contribution in [-0.2, 0) is 10.0 Å². The summed E-state index contributed by atoms with van der Waals surface area (Å²) in [5.41, 5.74) is 0. The van der Waals surface area contributed by atoms with Gasteiger partial charge in [0.1, 0.15) is 0 Å². The van der Waals surface area contributed by atoms with E-state index in [-0.39, 0.29) is 5.25 Å². The van der Waals surface area contributed by atoms with Crippen molar-refractivity contribution in [2.45, 2.75) is 44.8 Å². The van der Waals surface area contributed by atoms with Gasteiger partial charge in [-0.1, -0.05) is 26.7 Å². The average Bonchev–Trinajstić information content (AvgIpc) is 1.85. The lowest BCUT2D eigenvalue weighted by Gasteiger charge is -2.11. The number of primary sulfonamides is 1. The molecule has 0 aliphatic heterocycles. The maximum absolute atomic E-state index is 10.9. The van der Waals surface area contributed by atoms with Gasteiger partial charge in [-0.05, 0) is 12.8 Å². The molecule has 11 heavy (non-hydrogen) atoms. The van der Waals surface area contributed by atoms with E-state index < -0.39 is 10.0 Å². The van der Waals surface area contributed by atoms with Crippen molar-refractivity contribution >= 4 is 10.0 Å². The highest BCUT2D eigenvalue weighted by molar-refractivity contribution is 7.89. The Hall–Kier alpha value is -0.0900. The molecule has 0 bridgehead atoms. The van der Waals surface area contributed by atoms with Crippen LogP contribution in [0.5, 0.6) is 0 Å². The fourth-order valence-electron chi connectivity index (χ4n) is 1.12. The van der Waals surface area contributed by atoms with Gasteiger partial charge in [0.2, 0.25) is 10.0 Å². The fourth-order valence-corrected chi connectivity index (χ4v) is 2.25. The second-order valence-corrected chi connectivity index (χ2v) is 4.63. The van der Waals surface area contributed by atoms with Crippen molar-refractivity contribution in [2.24, 2.45) is 5.14 Å². The second kappa shape index (κ2) is 4.72. The van der Waals surface area contributed by atoms with E-state index in [0.29, 0.717) is 12.8 Å². The highest BCUT2D eigenvalue weighted by Crippen LogP contribution is 2.11. The molecule has 0 aromatic carbocycles. The van der Waals surface area contributed by atoms with E-state index in [1.807, 2.05) is 13.8 Å². The average molecular weight is 179 g/mol. The van der Waals surface area contributed by atoms with Gasteiger partial charge in [-0.25, -0.2) is 13.6 Å². The van der Waals surface area contributed by atoms with Gasteiger partial charge in [0.15, 0.2) is 0 Å². The Morgan fingerprint density at radius 1 is 1.18 bits per heavy atom. The monoisotopic (exact) mass is 179 g/mol. The number of hydrogen-bond donors (Lipinski definition) is 1. The summed E-state index contributed by atoms with van der Waals surface area (Å²) in [6.07, 6.45) is 3.13. The van der Waals surface area contributed by atoms with Gasteiger partial charge >= 0.3 is 0 Å². The van der Waals surface area contributed by atoms with Gasteiger partial charge in [0, 0.05) is 0 Å². The Labute approximate surface area is 69.0 Å². The van der Waals surface area contributed by atoms with Gasteiger partial charge in [-0.2, -0.15) is 0 Å². The smallest absolute Gasteiger partial charge is 0.211 e. The third-order valence-corrected chi connectivity index (χ3v) is 3.09. The van der Waals surface area contributed by atoms with Crippen LogP contribution in [0.25, 0.3) is 0 Å². The van der Waals surface area contributed by atoms with Gasteiger partial charge in [0.25, 0.3) is 0 Å². The van der Waals surface area contributed by atoms with Crippen LogP contribution in [0.4, 0.5) is 0 Å². The number of hydrogen-bond acceptors (Lipinski definition) is 2. The molecule has 3 nitrogen and oxygen atoms in total. The van der Waals surface area contributed by atoms with Crippen LogP contribution in [0.1, 0.15) is 39.5 Å². The van der Waals surface area contributed by atoms with Crippen LogP contribution in [0.15, 0.2) is 0 Å². The van der Waals surface area contributed by atoms with Crippen molar-refractivity contribution in [1.29, 1.82) is 0 Å². The Balaban J connectivity index is 4.11. The zero-order valence-corrected chi connectivity index (χ0v) is 8.02.